The Kier molecular flexibility index (Phi) is 4.45. The first kappa shape index (κ1) is 15.8. The van der Waals surface area contributed by atoms with Gasteiger partial charge in [0, 0.05) is 18.8 Å². The fourth-order valence-corrected chi connectivity index (χ4v) is 2.86. The Bertz CT molecular complexity index is 905. The van der Waals surface area contributed by atoms with Crippen LogP contribution < -0.4 is 4.90 Å². The van der Waals surface area contributed by atoms with Gasteiger partial charge in [-0.05, 0) is 42.0 Å². The molecule has 0 amide bonds. The van der Waals surface area contributed by atoms with Crippen molar-refractivity contribution < 1.29 is 9.15 Å². The van der Waals surface area contributed by atoms with E-state index in [0.717, 1.165) is 31.9 Å². The fourth-order valence-electron chi connectivity index (χ4n) is 2.68. The summed E-state index contributed by atoms with van der Waals surface area (Å²) in [5.74, 6) is 1.14. The number of rotatable bonds is 4. The van der Waals surface area contributed by atoms with Crippen LogP contribution in [0.5, 0.6) is 0 Å². The van der Waals surface area contributed by atoms with Gasteiger partial charge in [0.15, 0.2) is 5.76 Å². The van der Waals surface area contributed by atoms with Crippen LogP contribution in [0.1, 0.15) is 5.56 Å². The Labute approximate surface area is 149 Å². The van der Waals surface area contributed by atoms with E-state index < -0.39 is 0 Å². The first-order valence-corrected chi connectivity index (χ1v) is 8.40. The van der Waals surface area contributed by atoms with Crippen LogP contribution in [-0.2, 0) is 4.74 Å². The van der Waals surface area contributed by atoms with Gasteiger partial charge >= 0.3 is 0 Å². The van der Waals surface area contributed by atoms with E-state index in [-0.39, 0.29) is 0 Å². The fraction of sp³-hybridized carbons (Fsp3) is 0.235. The lowest BCUT2D eigenvalue weighted by Gasteiger charge is -2.28. The SMILES string of the molecule is S=c1[nH]nc(-c2ccco2)n1/N=C\c1ccc(N2CCOCC2)cc1. The molecule has 0 aliphatic carbocycles. The van der Waals surface area contributed by atoms with Gasteiger partial charge in [0.1, 0.15) is 0 Å². The van der Waals surface area contributed by atoms with E-state index in [2.05, 4.69) is 32.3 Å². The number of anilines is 1. The van der Waals surface area contributed by atoms with E-state index in [9.17, 15) is 0 Å². The van der Waals surface area contributed by atoms with Gasteiger partial charge in [-0.25, -0.2) is 5.10 Å². The lowest BCUT2D eigenvalue weighted by molar-refractivity contribution is 0.122. The second-order valence-electron chi connectivity index (χ2n) is 5.58. The zero-order valence-corrected chi connectivity index (χ0v) is 14.3. The molecule has 2 aromatic heterocycles. The Morgan fingerprint density at radius 1 is 1.16 bits per heavy atom. The van der Waals surface area contributed by atoms with E-state index in [1.165, 1.54) is 5.69 Å². The van der Waals surface area contributed by atoms with E-state index in [1.54, 1.807) is 23.2 Å². The topological polar surface area (TPSA) is 71.6 Å². The van der Waals surface area contributed by atoms with Crippen molar-refractivity contribution in [2.75, 3.05) is 31.2 Å². The number of ether oxygens (including phenoxy) is 1. The highest BCUT2D eigenvalue weighted by Gasteiger charge is 2.11. The van der Waals surface area contributed by atoms with Crippen molar-refractivity contribution in [3.05, 3.63) is 53.0 Å². The van der Waals surface area contributed by atoms with Crippen molar-refractivity contribution >= 4 is 24.1 Å². The second-order valence-corrected chi connectivity index (χ2v) is 5.96. The summed E-state index contributed by atoms with van der Waals surface area (Å²) in [6.45, 7) is 3.39. The maximum absolute atomic E-state index is 5.39. The minimum absolute atomic E-state index is 0.410. The highest BCUT2D eigenvalue weighted by Crippen LogP contribution is 2.18. The zero-order chi connectivity index (χ0) is 17.1. The molecular formula is C17H17N5O2S. The molecule has 3 aromatic rings. The Balaban J connectivity index is 1.54. The Morgan fingerprint density at radius 2 is 1.96 bits per heavy atom. The van der Waals surface area contributed by atoms with Crippen LogP contribution in [0.2, 0.25) is 0 Å². The first-order valence-electron chi connectivity index (χ1n) is 8.00. The van der Waals surface area contributed by atoms with Crippen LogP contribution in [0.15, 0.2) is 52.2 Å². The van der Waals surface area contributed by atoms with Gasteiger partial charge in [0.05, 0.1) is 25.7 Å². The van der Waals surface area contributed by atoms with Crippen molar-refractivity contribution in [2.45, 2.75) is 0 Å². The maximum Gasteiger partial charge on any atom is 0.219 e. The molecule has 1 fully saturated rings. The third-order valence-electron chi connectivity index (χ3n) is 3.98. The summed E-state index contributed by atoms with van der Waals surface area (Å²) in [7, 11) is 0. The summed E-state index contributed by atoms with van der Waals surface area (Å²) in [5.41, 5.74) is 2.17. The van der Waals surface area contributed by atoms with Gasteiger partial charge in [-0.1, -0.05) is 12.1 Å². The lowest BCUT2D eigenvalue weighted by atomic mass is 10.2. The smallest absolute Gasteiger partial charge is 0.219 e. The number of H-pyrrole nitrogens is 1. The first-order chi connectivity index (χ1) is 12.3. The van der Waals surface area contributed by atoms with Crippen LogP contribution in [-0.4, -0.2) is 47.4 Å². The molecule has 7 nitrogen and oxygen atoms in total. The molecule has 0 radical (unpaired) electrons. The van der Waals surface area contributed by atoms with Gasteiger partial charge in [0.25, 0.3) is 0 Å². The second kappa shape index (κ2) is 7.04. The molecule has 128 valence electrons. The summed E-state index contributed by atoms with van der Waals surface area (Å²) < 4.78 is 12.7. The number of hydrogen-bond donors (Lipinski definition) is 1. The normalized spacial score (nSPS) is 15.1. The number of benzene rings is 1. The van der Waals surface area contributed by atoms with E-state index >= 15 is 0 Å². The molecule has 1 aliphatic rings. The third-order valence-corrected chi connectivity index (χ3v) is 4.25. The van der Waals surface area contributed by atoms with Crippen molar-refractivity contribution in [2.24, 2.45) is 5.10 Å². The molecule has 0 unspecified atom stereocenters. The molecule has 0 spiro atoms. The van der Waals surface area contributed by atoms with Gasteiger partial charge < -0.3 is 14.1 Å². The minimum atomic E-state index is 0.410. The minimum Gasteiger partial charge on any atom is -0.461 e. The molecule has 8 heteroatoms. The average Bonchev–Trinajstić information content (AvgIpc) is 3.31. The van der Waals surface area contributed by atoms with Crippen LogP contribution >= 0.6 is 12.2 Å². The van der Waals surface area contributed by atoms with Crippen LogP contribution in [0, 0.1) is 4.77 Å². The zero-order valence-electron chi connectivity index (χ0n) is 13.5. The van der Waals surface area contributed by atoms with Crippen LogP contribution in [0.25, 0.3) is 11.6 Å². The predicted molar refractivity (Wildman–Crippen MR) is 97.6 cm³/mol. The molecule has 1 saturated heterocycles. The Hall–Kier alpha value is -2.71. The van der Waals surface area contributed by atoms with Crippen LogP contribution in [0.3, 0.4) is 0 Å². The predicted octanol–water partition coefficient (Wildman–Crippen LogP) is 2.92. The molecule has 3 heterocycles. The molecule has 0 atom stereocenters. The van der Waals surface area contributed by atoms with Gasteiger partial charge in [-0.3, -0.25) is 0 Å². The molecule has 4 rings (SSSR count). The van der Waals surface area contributed by atoms with Gasteiger partial charge in [-0.2, -0.15) is 9.78 Å². The van der Waals surface area contributed by atoms with Gasteiger partial charge in [-0.15, -0.1) is 5.10 Å². The summed E-state index contributed by atoms with van der Waals surface area (Å²) in [4.78, 5) is 2.31. The molecule has 25 heavy (non-hydrogen) atoms. The molecule has 1 aliphatic heterocycles. The monoisotopic (exact) mass is 355 g/mol. The number of hydrogen-bond acceptors (Lipinski definition) is 6. The molecule has 1 aromatic carbocycles. The molecule has 1 N–H and O–H groups in total. The number of aromatic amines is 1. The number of nitrogens with zero attached hydrogens (tertiary/aromatic N) is 4. The standard InChI is InChI=1S/C17H17N5O2S/c25-17-20-19-16(15-2-1-9-24-15)22(17)18-12-13-3-5-14(6-4-13)21-7-10-23-11-8-21/h1-6,9,12H,7-8,10-11H2,(H,20,25)/b18-12-. The summed E-state index contributed by atoms with van der Waals surface area (Å²) >= 11 is 5.24. The van der Waals surface area contributed by atoms with E-state index in [4.69, 9.17) is 21.4 Å². The van der Waals surface area contributed by atoms with Gasteiger partial charge in [0.2, 0.25) is 10.6 Å². The maximum atomic E-state index is 5.39. The lowest BCUT2D eigenvalue weighted by Crippen LogP contribution is -2.36. The van der Waals surface area contributed by atoms with Crippen molar-refractivity contribution in [3.63, 3.8) is 0 Å². The molecular weight excluding hydrogens is 338 g/mol. The van der Waals surface area contributed by atoms with Crippen LogP contribution in [0.4, 0.5) is 5.69 Å². The number of furan rings is 1. The summed E-state index contributed by atoms with van der Waals surface area (Å²) in [6, 6.07) is 11.9. The number of nitrogens with one attached hydrogen (secondary N) is 1. The summed E-state index contributed by atoms with van der Waals surface area (Å²) in [5, 5.41) is 11.3. The highest BCUT2D eigenvalue weighted by molar-refractivity contribution is 7.71. The number of aromatic nitrogens is 3. The molecule has 0 bridgehead atoms. The summed E-state index contributed by atoms with van der Waals surface area (Å²) in [6.07, 6.45) is 3.34. The average molecular weight is 355 g/mol. The highest BCUT2D eigenvalue weighted by atomic mass is 32.1. The van der Waals surface area contributed by atoms with Crippen molar-refractivity contribution in [1.29, 1.82) is 0 Å². The van der Waals surface area contributed by atoms with E-state index in [0.29, 0.717) is 16.4 Å². The van der Waals surface area contributed by atoms with Crippen molar-refractivity contribution in [3.8, 4) is 11.6 Å². The van der Waals surface area contributed by atoms with E-state index in [1.807, 2.05) is 18.2 Å². The quantitative estimate of drug-likeness (QED) is 0.575. The Morgan fingerprint density at radius 3 is 2.68 bits per heavy atom. The van der Waals surface area contributed by atoms with Crippen molar-refractivity contribution in [1.82, 2.24) is 14.9 Å². The molecule has 0 saturated carbocycles. The number of morpholine rings is 1. The third kappa shape index (κ3) is 3.40. The largest absolute Gasteiger partial charge is 0.461 e.